The van der Waals surface area contributed by atoms with Crippen molar-refractivity contribution in [2.75, 3.05) is 13.2 Å². The van der Waals surface area contributed by atoms with E-state index in [1.807, 2.05) is 0 Å². The first-order valence-electron chi connectivity index (χ1n) is 19.3. The summed E-state index contributed by atoms with van der Waals surface area (Å²) in [5, 5.41) is -0.849. The second-order valence-electron chi connectivity index (χ2n) is 13.9. The van der Waals surface area contributed by atoms with Gasteiger partial charge in [0.05, 0.1) is 30.5 Å². The van der Waals surface area contributed by atoms with E-state index in [9.17, 15) is 19.2 Å². The minimum absolute atomic E-state index is 0.0594. The topological polar surface area (TPSA) is 124 Å². The van der Waals surface area contributed by atoms with E-state index < -0.39 is 29.1 Å². The van der Waals surface area contributed by atoms with Crippen LogP contribution in [0.25, 0.3) is 0 Å². The predicted molar refractivity (Wildman–Crippen MR) is 204 cm³/mol. The standard InChI is InChI=1S/C42H56O10S/c1-4-34(23-18-30(3)39(43)49-36-16-9-8-10-17-36)51-42(46)53-52-41(45)33-21-26-37(27-22-33)50-40(44)32-19-24-35(25-20-32)47-28-11-6-7-12-29-48-38(5-2)31-14-13-15-31/h4,18-20,23-25,33,36-37H,1,5-17,21-22,26-29H2,2-3H3/b30-18+,34-23+. The zero-order chi connectivity index (χ0) is 37.8. The van der Waals surface area contributed by atoms with E-state index in [1.165, 1.54) is 48.8 Å². The zero-order valence-corrected chi connectivity index (χ0v) is 32.2. The predicted octanol–water partition coefficient (Wildman–Crippen LogP) is 10.4. The third-order valence-electron chi connectivity index (χ3n) is 9.87. The molecule has 0 aromatic heterocycles. The monoisotopic (exact) mass is 752 g/mol. The Kier molecular flexibility index (Phi) is 18.1. The van der Waals surface area contributed by atoms with Crippen LogP contribution in [0.15, 0.2) is 71.7 Å². The van der Waals surface area contributed by atoms with Crippen molar-refractivity contribution in [1.29, 1.82) is 0 Å². The molecule has 0 unspecified atom stereocenters. The van der Waals surface area contributed by atoms with Crippen LogP contribution in [-0.4, -0.2) is 48.6 Å². The summed E-state index contributed by atoms with van der Waals surface area (Å²) in [6, 6.07) is 6.96. The fourth-order valence-electron chi connectivity index (χ4n) is 6.46. The van der Waals surface area contributed by atoms with Crippen LogP contribution in [0.1, 0.15) is 133 Å². The number of rotatable bonds is 18. The van der Waals surface area contributed by atoms with Crippen LogP contribution in [0, 0.1) is 5.92 Å². The first kappa shape index (κ1) is 41.8. The largest absolute Gasteiger partial charge is 0.498 e. The summed E-state index contributed by atoms with van der Waals surface area (Å²) in [4.78, 5) is 50.1. The molecular weight excluding hydrogens is 697 g/mol. The molecule has 0 N–H and O–H groups in total. The zero-order valence-electron chi connectivity index (χ0n) is 31.4. The first-order chi connectivity index (χ1) is 25.7. The number of carbonyl (C=O) groups is 4. The molecule has 0 bridgehead atoms. The molecule has 0 amide bonds. The minimum Gasteiger partial charge on any atom is -0.498 e. The second kappa shape index (κ2) is 22.9. The van der Waals surface area contributed by atoms with Crippen LogP contribution in [0.3, 0.4) is 0 Å². The molecule has 0 atom stereocenters. The molecule has 3 saturated carbocycles. The molecule has 1 aromatic rings. The highest BCUT2D eigenvalue weighted by atomic mass is 32.2. The Bertz CT molecular complexity index is 1460. The lowest BCUT2D eigenvalue weighted by Gasteiger charge is -2.26. The van der Waals surface area contributed by atoms with Gasteiger partial charge in [-0.3, -0.25) is 4.79 Å². The SMILES string of the molecule is C=C/C(=C\C=C(/C)C(=O)OC1CCCCC1)OC(=O)SOC(=O)C1CCC(OC(=O)c2ccc(OCCCCCCOC(CC)=C3CCC3)cc2)CC1. The quantitative estimate of drug-likeness (QED) is 0.0271. The van der Waals surface area contributed by atoms with Crippen molar-refractivity contribution in [3.63, 3.8) is 0 Å². The Morgan fingerprint density at radius 2 is 1.49 bits per heavy atom. The number of hydrogen-bond donors (Lipinski definition) is 0. The molecular formula is C42H56O10S. The fourth-order valence-corrected chi connectivity index (χ4v) is 6.87. The first-order valence-corrected chi connectivity index (χ1v) is 20.1. The molecule has 0 heterocycles. The maximum atomic E-state index is 12.8. The number of ether oxygens (including phenoxy) is 5. The number of benzene rings is 1. The van der Waals surface area contributed by atoms with Gasteiger partial charge in [0.25, 0.3) is 0 Å². The van der Waals surface area contributed by atoms with E-state index in [4.69, 9.17) is 27.9 Å². The summed E-state index contributed by atoms with van der Waals surface area (Å²) in [5.41, 5.74) is 2.31. The van der Waals surface area contributed by atoms with Gasteiger partial charge in [-0.2, -0.15) is 0 Å². The van der Waals surface area contributed by atoms with E-state index >= 15 is 0 Å². The maximum absolute atomic E-state index is 12.8. The van der Waals surface area contributed by atoms with E-state index in [1.54, 1.807) is 31.2 Å². The molecule has 3 aliphatic carbocycles. The van der Waals surface area contributed by atoms with Crippen LogP contribution < -0.4 is 4.74 Å². The van der Waals surface area contributed by atoms with Crippen LogP contribution in [0.4, 0.5) is 4.79 Å². The normalized spacial score (nSPS) is 19.3. The average molecular weight is 753 g/mol. The molecule has 0 radical (unpaired) electrons. The molecule has 290 valence electrons. The third-order valence-corrected chi connectivity index (χ3v) is 10.3. The average Bonchev–Trinajstić information content (AvgIpc) is 3.15. The summed E-state index contributed by atoms with van der Waals surface area (Å²) < 4.78 is 33.4. The van der Waals surface area contributed by atoms with Crippen LogP contribution >= 0.6 is 12.0 Å². The summed E-state index contributed by atoms with van der Waals surface area (Å²) in [7, 11) is 0. The van der Waals surface area contributed by atoms with E-state index in [2.05, 4.69) is 13.5 Å². The van der Waals surface area contributed by atoms with Gasteiger partial charge in [-0.1, -0.05) is 19.9 Å². The summed E-state index contributed by atoms with van der Waals surface area (Å²) in [6.45, 7) is 8.82. The number of carbonyl (C=O) groups excluding carboxylic acids is 4. The highest BCUT2D eigenvalue weighted by Gasteiger charge is 2.30. The lowest BCUT2D eigenvalue weighted by molar-refractivity contribution is -0.145. The van der Waals surface area contributed by atoms with E-state index in [0.717, 1.165) is 70.8 Å². The van der Waals surface area contributed by atoms with Gasteiger partial charge in [0, 0.05) is 12.0 Å². The van der Waals surface area contributed by atoms with Crippen molar-refractivity contribution in [3.8, 4) is 5.75 Å². The van der Waals surface area contributed by atoms with Crippen molar-refractivity contribution in [2.45, 2.75) is 135 Å². The molecule has 4 rings (SSSR count). The Morgan fingerprint density at radius 3 is 2.13 bits per heavy atom. The van der Waals surface area contributed by atoms with Gasteiger partial charge < -0.3 is 27.9 Å². The molecule has 10 nitrogen and oxygen atoms in total. The molecule has 1 aromatic carbocycles. The molecule has 0 saturated heterocycles. The van der Waals surface area contributed by atoms with Crippen LogP contribution in [-0.2, 0) is 32.7 Å². The lowest BCUT2D eigenvalue weighted by Crippen LogP contribution is -2.28. The Hall–Kier alpha value is -3.99. The van der Waals surface area contributed by atoms with Gasteiger partial charge in [0.2, 0.25) is 0 Å². The number of unbranched alkanes of at least 4 members (excludes halogenated alkanes) is 3. The molecule has 53 heavy (non-hydrogen) atoms. The molecule has 3 aliphatic rings. The van der Waals surface area contributed by atoms with Gasteiger partial charge in [0.15, 0.2) is 12.0 Å². The van der Waals surface area contributed by atoms with Crippen LogP contribution in [0.2, 0.25) is 0 Å². The van der Waals surface area contributed by atoms with Gasteiger partial charge in [0.1, 0.15) is 23.7 Å². The van der Waals surface area contributed by atoms with Crippen LogP contribution in [0.5, 0.6) is 5.75 Å². The molecule has 0 spiro atoms. The van der Waals surface area contributed by atoms with Crippen molar-refractivity contribution < 1.29 is 47.0 Å². The minimum atomic E-state index is -0.849. The van der Waals surface area contributed by atoms with E-state index in [-0.39, 0.29) is 18.0 Å². The van der Waals surface area contributed by atoms with Gasteiger partial charge >= 0.3 is 23.2 Å². The summed E-state index contributed by atoms with van der Waals surface area (Å²) >= 11 is 0.297. The number of hydrogen-bond acceptors (Lipinski definition) is 11. The molecule has 3 fully saturated rings. The summed E-state index contributed by atoms with van der Waals surface area (Å²) in [6.07, 6.45) is 19.7. The van der Waals surface area contributed by atoms with E-state index in [0.29, 0.717) is 61.2 Å². The fraction of sp³-hybridized carbons (Fsp3) is 0.571. The lowest BCUT2D eigenvalue weighted by atomic mass is 9.87. The Balaban J connectivity index is 1.06. The van der Waals surface area contributed by atoms with Gasteiger partial charge in [-0.05, 0) is 151 Å². The number of allylic oxidation sites excluding steroid dienone is 5. The smallest absolute Gasteiger partial charge is 0.412 e. The second-order valence-corrected chi connectivity index (χ2v) is 14.5. The van der Waals surface area contributed by atoms with Gasteiger partial charge in [-0.15, -0.1) is 0 Å². The Labute approximate surface area is 318 Å². The summed E-state index contributed by atoms with van der Waals surface area (Å²) in [5.74, 6) is 0.228. The Morgan fingerprint density at radius 1 is 0.811 bits per heavy atom. The van der Waals surface area contributed by atoms with Crippen molar-refractivity contribution in [2.24, 2.45) is 5.92 Å². The highest BCUT2D eigenvalue weighted by molar-refractivity contribution is 8.09. The maximum Gasteiger partial charge on any atom is 0.412 e. The third kappa shape index (κ3) is 14.7. The van der Waals surface area contributed by atoms with Crippen molar-refractivity contribution in [1.82, 2.24) is 0 Å². The number of esters is 2. The van der Waals surface area contributed by atoms with Crippen molar-refractivity contribution in [3.05, 3.63) is 77.3 Å². The molecule has 11 heteroatoms. The van der Waals surface area contributed by atoms with Gasteiger partial charge in [-0.25, -0.2) is 14.4 Å². The van der Waals surface area contributed by atoms with Crippen molar-refractivity contribution >= 4 is 35.3 Å². The highest BCUT2D eigenvalue weighted by Crippen LogP contribution is 2.31. The molecule has 0 aliphatic heterocycles.